The maximum Gasteiger partial charge on any atom is 0.261 e. The summed E-state index contributed by atoms with van der Waals surface area (Å²) in [6, 6.07) is 5.24. The Morgan fingerprint density at radius 3 is 2.65 bits per heavy atom. The minimum Gasteiger partial charge on any atom is -0.383 e. The van der Waals surface area contributed by atoms with Gasteiger partial charge in [0.25, 0.3) is 11.8 Å². The Balaban J connectivity index is 1.89. The van der Waals surface area contributed by atoms with Gasteiger partial charge in [-0.05, 0) is 24.6 Å². The van der Waals surface area contributed by atoms with E-state index in [2.05, 4.69) is 12.2 Å². The molecule has 108 valence electrons. The lowest BCUT2D eigenvalue weighted by Crippen LogP contribution is -2.24. The number of hydrogen-bond acceptors (Lipinski definition) is 4. The normalized spacial score (nSPS) is 13.8. The summed E-state index contributed by atoms with van der Waals surface area (Å²) < 4.78 is 5.45. The molecule has 1 aromatic carbocycles. The first-order valence-electron chi connectivity index (χ1n) is 6.93. The van der Waals surface area contributed by atoms with E-state index >= 15 is 0 Å². The molecular weight excluding hydrogens is 256 g/mol. The van der Waals surface area contributed by atoms with E-state index in [9.17, 15) is 9.59 Å². The van der Waals surface area contributed by atoms with Crippen LogP contribution >= 0.6 is 0 Å². The van der Waals surface area contributed by atoms with Gasteiger partial charge in [0.2, 0.25) is 0 Å². The van der Waals surface area contributed by atoms with Gasteiger partial charge in [0, 0.05) is 25.9 Å². The number of carbonyl (C=O) groups is 2. The lowest BCUT2D eigenvalue weighted by molar-refractivity contribution is 0.0693. The molecule has 5 heteroatoms. The summed E-state index contributed by atoms with van der Waals surface area (Å²) in [6.45, 7) is 4.21. The van der Waals surface area contributed by atoms with Crippen molar-refractivity contribution in [3.63, 3.8) is 0 Å². The first-order valence-corrected chi connectivity index (χ1v) is 6.93. The number of amides is 2. The highest BCUT2D eigenvalue weighted by Crippen LogP contribution is 2.24. The Kier molecular flexibility index (Phi) is 4.74. The van der Waals surface area contributed by atoms with Crippen molar-refractivity contribution in [2.75, 3.05) is 32.1 Å². The minimum absolute atomic E-state index is 0.237. The summed E-state index contributed by atoms with van der Waals surface area (Å²) in [7, 11) is 1.50. The molecule has 1 aliphatic rings. The third kappa shape index (κ3) is 2.99. The highest BCUT2D eigenvalue weighted by Gasteiger charge is 2.32. The van der Waals surface area contributed by atoms with Crippen LogP contribution in [0.1, 0.15) is 40.5 Å². The number of carbonyl (C=O) groups excluding carboxylic acids is 2. The number of nitrogens with one attached hydrogen (secondary N) is 1. The third-order valence-corrected chi connectivity index (χ3v) is 3.31. The summed E-state index contributed by atoms with van der Waals surface area (Å²) in [5, 5.41) is 3.19. The van der Waals surface area contributed by atoms with Crippen LogP contribution in [0.2, 0.25) is 0 Å². The smallest absolute Gasteiger partial charge is 0.261 e. The van der Waals surface area contributed by atoms with Crippen LogP contribution in [-0.4, -0.2) is 43.5 Å². The largest absolute Gasteiger partial charge is 0.383 e. The number of rotatable bonds is 7. The highest BCUT2D eigenvalue weighted by molar-refractivity contribution is 6.21. The molecule has 5 nitrogen and oxygen atoms in total. The van der Waals surface area contributed by atoms with Crippen LogP contribution in [0.15, 0.2) is 18.2 Å². The minimum atomic E-state index is -0.243. The molecule has 2 amide bonds. The van der Waals surface area contributed by atoms with E-state index in [1.165, 1.54) is 7.05 Å². The van der Waals surface area contributed by atoms with Crippen LogP contribution in [0.5, 0.6) is 0 Å². The number of benzene rings is 1. The molecule has 1 aromatic rings. The summed E-state index contributed by atoms with van der Waals surface area (Å²) in [6.07, 6.45) is 2.20. The summed E-state index contributed by atoms with van der Waals surface area (Å²) in [5.41, 5.74) is 1.77. The van der Waals surface area contributed by atoms with Crippen LogP contribution in [0.25, 0.3) is 0 Å². The maximum atomic E-state index is 11.9. The van der Waals surface area contributed by atoms with Gasteiger partial charge in [-0.3, -0.25) is 14.5 Å². The first-order chi connectivity index (χ1) is 9.65. The van der Waals surface area contributed by atoms with E-state index in [1.54, 1.807) is 12.1 Å². The lowest BCUT2D eigenvalue weighted by atomic mass is 10.1. The van der Waals surface area contributed by atoms with Gasteiger partial charge in [-0.25, -0.2) is 0 Å². The van der Waals surface area contributed by atoms with Gasteiger partial charge in [-0.15, -0.1) is 0 Å². The fraction of sp³-hybridized carbons (Fsp3) is 0.467. The third-order valence-electron chi connectivity index (χ3n) is 3.31. The van der Waals surface area contributed by atoms with E-state index in [4.69, 9.17) is 4.74 Å². The van der Waals surface area contributed by atoms with Crippen molar-refractivity contribution in [3.8, 4) is 0 Å². The number of hydrogen-bond donors (Lipinski definition) is 1. The Labute approximate surface area is 118 Å². The van der Waals surface area contributed by atoms with Gasteiger partial charge in [-0.1, -0.05) is 13.3 Å². The molecule has 0 saturated heterocycles. The van der Waals surface area contributed by atoms with E-state index in [0.717, 1.165) is 30.0 Å². The summed E-state index contributed by atoms with van der Waals surface area (Å²) in [4.78, 5) is 24.7. The van der Waals surface area contributed by atoms with Crippen molar-refractivity contribution in [1.82, 2.24) is 4.90 Å². The quantitative estimate of drug-likeness (QED) is 0.612. The van der Waals surface area contributed by atoms with Gasteiger partial charge in [0.1, 0.15) is 0 Å². The Hall–Kier alpha value is -1.88. The zero-order valence-corrected chi connectivity index (χ0v) is 11.9. The predicted octanol–water partition coefficient (Wildman–Crippen LogP) is 2.14. The molecule has 0 saturated carbocycles. The lowest BCUT2D eigenvalue weighted by Gasteiger charge is -2.08. The molecule has 1 aliphatic heterocycles. The Bertz CT molecular complexity index is 514. The summed E-state index contributed by atoms with van der Waals surface area (Å²) >= 11 is 0. The topological polar surface area (TPSA) is 58.6 Å². The van der Waals surface area contributed by atoms with Crippen LogP contribution < -0.4 is 5.32 Å². The highest BCUT2D eigenvalue weighted by atomic mass is 16.5. The second-order valence-corrected chi connectivity index (χ2v) is 4.82. The number of unbranched alkanes of at least 4 members (excludes halogenated alkanes) is 1. The average Bonchev–Trinajstić information content (AvgIpc) is 2.67. The summed E-state index contributed by atoms with van der Waals surface area (Å²) in [5.74, 6) is -0.479. The molecule has 2 rings (SSSR count). The fourth-order valence-electron chi connectivity index (χ4n) is 2.09. The van der Waals surface area contributed by atoms with Crippen molar-refractivity contribution in [3.05, 3.63) is 29.3 Å². The molecule has 20 heavy (non-hydrogen) atoms. The van der Waals surface area contributed by atoms with Crippen LogP contribution in [-0.2, 0) is 4.74 Å². The van der Waals surface area contributed by atoms with E-state index in [1.807, 2.05) is 6.07 Å². The molecule has 1 heterocycles. The zero-order chi connectivity index (χ0) is 14.5. The van der Waals surface area contributed by atoms with Crippen LogP contribution in [0.3, 0.4) is 0 Å². The van der Waals surface area contributed by atoms with Crippen molar-refractivity contribution in [2.45, 2.75) is 19.8 Å². The zero-order valence-electron chi connectivity index (χ0n) is 11.9. The number of anilines is 1. The van der Waals surface area contributed by atoms with Crippen molar-refractivity contribution >= 4 is 17.5 Å². The second-order valence-electron chi connectivity index (χ2n) is 4.82. The molecule has 0 aliphatic carbocycles. The number of nitrogens with zero attached hydrogens (tertiary/aromatic N) is 1. The van der Waals surface area contributed by atoms with Crippen molar-refractivity contribution < 1.29 is 14.3 Å². The molecule has 0 spiro atoms. The van der Waals surface area contributed by atoms with Gasteiger partial charge < -0.3 is 10.1 Å². The average molecular weight is 276 g/mol. The van der Waals surface area contributed by atoms with Crippen LogP contribution in [0.4, 0.5) is 5.69 Å². The van der Waals surface area contributed by atoms with Gasteiger partial charge in [0.05, 0.1) is 17.7 Å². The first kappa shape index (κ1) is 14.5. The van der Waals surface area contributed by atoms with Crippen LogP contribution in [0, 0.1) is 0 Å². The predicted molar refractivity (Wildman–Crippen MR) is 77.1 cm³/mol. The second kappa shape index (κ2) is 6.52. The van der Waals surface area contributed by atoms with Crippen molar-refractivity contribution in [1.29, 1.82) is 0 Å². The molecular formula is C15H20N2O3. The Morgan fingerprint density at radius 2 is 1.90 bits per heavy atom. The van der Waals surface area contributed by atoms with E-state index < -0.39 is 0 Å². The van der Waals surface area contributed by atoms with E-state index in [-0.39, 0.29) is 11.8 Å². The SMILES string of the molecule is CCCCOCCNc1ccc2c(c1)C(=O)N(C)C2=O. The molecule has 0 radical (unpaired) electrons. The van der Waals surface area contributed by atoms with E-state index in [0.29, 0.717) is 24.3 Å². The fourth-order valence-corrected chi connectivity index (χ4v) is 2.09. The Morgan fingerprint density at radius 1 is 1.15 bits per heavy atom. The van der Waals surface area contributed by atoms with Gasteiger partial charge in [0.15, 0.2) is 0 Å². The maximum absolute atomic E-state index is 11.9. The number of imide groups is 1. The molecule has 1 N–H and O–H groups in total. The molecule has 0 atom stereocenters. The monoisotopic (exact) mass is 276 g/mol. The molecule has 0 unspecified atom stereocenters. The van der Waals surface area contributed by atoms with Gasteiger partial charge >= 0.3 is 0 Å². The molecule has 0 fully saturated rings. The van der Waals surface area contributed by atoms with Crippen molar-refractivity contribution in [2.24, 2.45) is 0 Å². The number of fused-ring (bicyclic) bond motifs is 1. The standard InChI is InChI=1S/C15H20N2O3/c1-3-4-8-20-9-7-16-11-5-6-12-13(10-11)15(19)17(2)14(12)18/h5-6,10,16H,3-4,7-9H2,1-2H3. The van der Waals surface area contributed by atoms with Gasteiger partial charge in [-0.2, -0.15) is 0 Å². The molecule has 0 aromatic heterocycles. The number of ether oxygens (including phenoxy) is 1. The molecule has 0 bridgehead atoms.